The van der Waals surface area contributed by atoms with E-state index in [4.69, 9.17) is 4.98 Å². The standard InChI is InChI=1S/C20H22N6/c1-15-7-9-17(10-8-15)22-19-23-18(16-5-3-2-4-6-16)24-20(25-19)26-13-11-21-12-14-26/h2-10,21H,11-14H2,1H3,(H,22,23,24,25). The summed E-state index contributed by atoms with van der Waals surface area (Å²) < 4.78 is 0. The van der Waals surface area contributed by atoms with E-state index in [1.165, 1.54) is 5.56 Å². The zero-order valence-corrected chi connectivity index (χ0v) is 14.8. The molecule has 6 heteroatoms. The highest BCUT2D eigenvalue weighted by Crippen LogP contribution is 2.22. The van der Waals surface area contributed by atoms with Crippen molar-refractivity contribution >= 4 is 17.6 Å². The first-order chi connectivity index (χ1) is 12.8. The number of aryl methyl sites for hydroxylation is 1. The number of nitrogens with one attached hydrogen (secondary N) is 2. The lowest BCUT2D eigenvalue weighted by Gasteiger charge is -2.27. The molecule has 1 aromatic heterocycles. The Balaban J connectivity index is 1.70. The Labute approximate surface area is 153 Å². The van der Waals surface area contributed by atoms with Crippen molar-refractivity contribution in [3.8, 4) is 11.4 Å². The predicted octanol–water partition coefficient (Wildman–Crippen LogP) is 3.00. The third-order valence-corrected chi connectivity index (χ3v) is 4.36. The fraction of sp³-hybridized carbons (Fsp3) is 0.250. The Morgan fingerprint density at radius 2 is 1.62 bits per heavy atom. The summed E-state index contributed by atoms with van der Waals surface area (Å²) >= 11 is 0. The third-order valence-electron chi connectivity index (χ3n) is 4.36. The molecule has 6 nitrogen and oxygen atoms in total. The molecule has 0 unspecified atom stereocenters. The van der Waals surface area contributed by atoms with E-state index in [2.05, 4.69) is 44.6 Å². The van der Waals surface area contributed by atoms with Crippen LogP contribution < -0.4 is 15.5 Å². The van der Waals surface area contributed by atoms with Crippen molar-refractivity contribution in [1.82, 2.24) is 20.3 Å². The normalized spacial score (nSPS) is 14.3. The highest BCUT2D eigenvalue weighted by molar-refractivity contribution is 5.61. The Kier molecular flexibility index (Phi) is 4.75. The van der Waals surface area contributed by atoms with Gasteiger partial charge in [0.15, 0.2) is 5.82 Å². The largest absolute Gasteiger partial charge is 0.338 e. The molecule has 2 heterocycles. The van der Waals surface area contributed by atoms with E-state index in [0.29, 0.717) is 11.8 Å². The van der Waals surface area contributed by atoms with Gasteiger partial charge in [-0.2, -0.15) is 15.0 Å². The molecular formula is C20H22N6. The number of benzene rings is 2. The number of hydrogen-bond acceptors (Lipinski definition) is 6. The van der Waals surface area contributed by atoms with Gasteiger partial charge in [0, 0.05) is 37.4 Å². The van der Waals surface area contributed by atoms with Gasteiger partial charge < -0.3 is 15.5 Å². The molecular weight excluding hydrogens is 324 g/mol. The van der Waals surface area contributed by atoms with Crippen molar-refractivity contribution in [2.45, 2.75) is 6.92 Å². The average Bonchev–Trinajstić information content (AvgIpc) is 2.71. The molecule has 0 bridgehead atoms. The van der Waals surface area contributed by atoms with Crippen molar-refractivity contribution in [3.05, 3.63) is 60.2 Å². The molecule has 0 amide bonds. The second-order valence-corrected chi connectivity index (χ2v) is 6.38. The summed E-state index contributed by atoms with van der Waals surface area (Å²) in [5.41, 5.74) is 3.17. The van der Waals surface area contributed by atoms with Crippen LogP contribution in [0.2, 0.25) is 0 Å². The van der Waals surface area contributed by atoms with E-state index in [0.717, 1.165) is 43.4 Å². The van der Waals surface area contributed by atoms with Crippen LogP contribution in [-0.4, -0.2) is 41.1 Å². The summed E-state index contributed by atoms with van der Waals surface area (Å²) in [4.78, 5) is 16.2. The number of hydrogen-bond donors (Lipinski definition) is 2. The molecule has 0 aliphatic carbocycles. The van der Waals surface area contributed by atoms with Gasteiger partial charge in [0.25, 0.3) is 0 Å². The molecule has 132 valence electrons. The van der Waals surface area contributed by atoms with Gasteiger partial charge in [-0.1, -0.05) is 48.0 Å². The quantitative estimate of drug-likeness (QED) is 0.757. The van der Waals surface area contributed by atoms with E-state index >= 15 is 0 Å². The summed E-state index contributed by atoms with van der Waals surface area (Å²) in [6, 6.07) is 18.2. The van der Waals surface area contributed by atoms with Crippen molar-refractivity contribution < 1.29 is 0 Å². The van der Waals surface area contributed by atoms with Crippen LogP contribution in [0.3, 0.4) is 0 Å². The molecule has 4 rings (SSSR count). The first kappa shape index (κ1) is 16.5. The topological polar surface area (TPSA) is 66.0 Å². The predicted molar refractivity (Wildman–Crippen MR) is 105 cm³/mol. The SMILES string of the molecule is Cc1ccc(Nc2nc(-c3ccccc3)nc(N3CCNCC3)n2)cc1. The third kappa shape index (κ3) is 3.81. The Bertz CT molecular complexity index is 857. The summed E-state index contributed by atoms with van der Waals surface area (Å²) in [6.45, 7) is 5.73. The Morgan fingerprint density at radius 3 is 2.35 bits per heavy atom. The number of aromatic nitrogens is 3. The molecule has 0 radical (unpaired) electrons. The van der Waals surface area contributed by atoms with E-state index in [1.54, 1.807) is 0 Å². The molecule has 1 fully saturated rings. The molecule has 1 aliphatic rings. The molecule has 2 N–H and O–H groups in total. The minimum Gasteiger partial charge on any atom is -0.338 e. The van der Waals surface area contributed by atoms with Gasteiger partial charge in [-0.25, -0.2) is 0 Å². The minimum absolute atomic E-state index is 0.566. The van der Waals surface area contributed by atoms with Gasteiger partial charge in [-0.15, -0.1) is 0 Å². The van der Waals surface area contributed by atoms with Gasteiger partial charge in [-0.05, 0) is 19.1 Å². The Morgan fingerprint density at radius 1 is 0.885 bits per heavy atom. The van der Waals surface area contributed by atoms with Gasteiger partial charge in [0.2, 0.25) is 11.9 Å². The molecule has 0 saturated carbocycles. The van der Waals surface area contributed by atoms with E-state index in [-0.39, 0.29) is 0 Å². The first-order valence-electron chi connectivity index (χ1n) is 8.89. The average molecular weight is 346 g/mol. The Hall–Kier alpha value is -2.99. The van der Waals surface area contributed by atoms with Crippen LogP contribution >= 0.6 is 0 Å². The number of anilines is 3. The summed E-state index contributed by atoms with van der Waals surface area (Å²) in [6.07, 6.45) is 0. The zero-order chi connectivity index (χ0) is 17.8. The maximum Gasteiger partial charge on any atom is 0.232 e. The molecule has 3 aromatic rings. The summed E-state index contributed by atoms with van der Waals surface area (Å²) in [5, 5.41) is 6.68. The fourth-order valence-electron chi connectivity index (χ4n) is 2.91. The molecule has 2 aromatic carbocycles. The monoisotopic (exact) mass is 346 g/mol. The molecule has 1 aliphatic heterocycles. The van der Waals surface area contributed by atoms with E-state index < -0.39 is 0 Å². The van der Waals surface area contributed by atoms with Crippen LogP contribution in [0.4, 0.5) is 17.6 Å². The van der Waals surface area contributed by atoms with Crippen LogP contribution in [0.25, 0.3) is 11.4 Å². The zero-order valence-electron chi connectivity index (χ0n) is 14.8. The summed E-state index contributed by atoms with van der Waals surface area (Å²) in [7, 11) is 0. The maximum absolute atomic E-state index is 4.72. The second-order valence-electron chi connectivity index (χ2n) is 6.38. The van der Waals surface area contributed by atoms with Crippen molar-refractivity contribution in [2.75, 3.05) is 36.4 Å². The van der Waals surface area contributed by atoms with Gasteiger partial charge >= 0.3 is 0 Å². The van der Waals surface area contributed by atoms with Gasteiger partial charge in [-0.3, -0.25) is 0 Å². The van der Waals surface area contributed by atoms with Gasteiger partial charge in [0.05, 0.1) is 0 Å². The lowest BCUT2D eigenvalue weighted by atomic mass is 10.2. The van der Waals surface area contributed by atoms with Crippen LogP contribution in [-0.2, 0) is 0 Å². The highest BCUT2D eigenvalue weighted by Gasteiger charge is 2.16. The highest BCUT2D eigenvalue weighted by atomic mass is 15.3. The maximum atomic E-state index is 4.72. The molecule has 0 atom stereocenters. The second kappa shape index (κ2) is 7.49. The van der Waals surface area contributed by atoms with Crippen LogP contribution in [0.1, 0.15) is 5.56 Å². The van der Waals surface area contributed by atoms with Crippen LogP contribution in [0.15, 0.2) is 54.6 Å². The van der Waals surface area contributed by atoms with E-state index in [9.17, 15) is 0 Å². The van der Waals surface area contributed by atoms with Crippen LogP contribution in [0.5, 0.6) is 0 Å². The molecule has 0 spiro atoms. The van der Waals surface area contributed by atoms with Crippen LogP contribution in [0, 0.1) is 6.92 Å². The van der Waals surface area contributed by atoms with Crippen molar-refractivity contribution in [3.63, 3.8) is 0 Å². The van der Waals surface area contributed by atoms with Crippen molar-refractivity contribution in [2.24, 2.45) is 0 Å². The minimum atomic E-state index is 0.566. The van der Waals surface area contributed by atoms with E-state index in [1.807, 2.05) is 42.5 Å². The molecule has 26 heavy (non-hydrogen) atoms. The first-order valence-corrected chi connectivity index (χ1v) is 8.89. The number of rotatable bonds is 4. The summed E-state index contributed by atoms with van der Waals surface area (Å²) in [5.74, 6) is 1.97. The lowest BCUT2D eigenvalue weighted by molar-refractivity contribution is 0.579. The smallest absolute Gasteiger partial charge is 0.232 e. The molecule has 1 saturated heterocycles. The van der Waals surface area contributed by atoms with Crippen molar-refractivity contribution in [1.29, 1.82) is 0 Å². The fourth-order valence-corrected chi connectivity index (χ4v) is 2.91. The number of piperazine rings is 1. The number of nitrogens with zero attached hydrogens (tertiary/aromatic N) is 4. The lowest BCUT2D eigenvalue weighted by Crippen LogP contribution is -2.44. The van der Waals surface area contributed by atoms with Gasteiger partial charge in [0.1, 0.15) is 0 Å².